The predicted molar refractivity (Wildman–Crippen MR) is 240 cm³/mol. The molecule has 0 radical (unpaired) electrons. The van der Waals surface area contributed by atoms with Gasteiger partial charge in [0.05, 0.1) is 5.56 Å². The van der Waals surface area contributed by atoms with E-state index in [2.05, 4.69) is 109 Å². The van der Waals surface area contributed by atoms with Gasteiger partial charge in [-0.25, -0.2) is 15.0 Å². The molecule has 6 heteroatoms. The standard InChI is InChI=1S/C51H29N3OS2/c1-3-12-30(13-4-1)49-52-50(31-14-5-2-6-15-31)54-51(53-49)41-22-11-20-39-38-19-9-17-34(46(38)55-47(39)41)32-25-27-44-42(28-32)40-21-10-18-35(48(40)57-44)33-24-26-37-36-16-7-8-23-43(36)56-45(37)29-33/h1-29H. The van der Waals surface area contributed by atoms with Crippen LogP contribution < -0.4 is 0 Å². The van der Waals surface area contributed by atoms with Crippen molar-refractivity contribution < 1.29 is 4.42 Å². The maximum Gasteiger partial charge on any atom is 0.167 e. The number of benzene rings is 8. The molecular formula is C51H29N3OS2. The van der Waals surface area contributed by atoms with Crippen LogP contribution in [0.25, 0.3) is 119 Å². The van der Waals surface area contributed by atoms with Gasteiger partial charge in [-0.3, -0.25) is 0 Å². The smallest absolute Gasteiger partial charge is 0.167 e. The first-order valence-corrected chi connectivity index (χ1v) is 20.6. The molecule has 4 heterocycles. The lowest BCUT2D eigenvalue weighted by Gasteiger charge is -2.08. The SMILES string of the molecule is c1ccc(-c2nc(-c3ccccc3)nc(-c3cccc4c3oc3c(-c5ccc6sc7c(-c8ccc9c(c8)sc8ccccc89)cccc7c6c5)cccc34)n2)cc1. The average Bonchev–Trinajstić information content (AvgIpc) is 3.97. The van der Waals surface area contributed by atoms with Gasteiger partial charge in [0.25, 0.3) is 0 Å². The molecule has 0 aliphatic rings. The van der Waals surface area contributed by atoms with Crippen molar-refractivity contribution in [1.29, 1.82) is 0 Å². The van der Waals surface area contributed by atoms with Gasteiger partial charge in [0.2, 0.25) is 0 Å². The van der Waals surface area contributed by atoms with Gasteiger partial charge in [0.1, 0.15) is 11.2 Å². The fraction of sp³-hybridized carbons (Fsp3) is 0. The lowest BCUT2D eigenvalue weighted by atomic mass is 9.98. The highest BCUT2D eigenvalue weighted by atomic mass is 32.1. The van der Waals surface area contributed by atoms with Crippen molar-refractivity contribution in [2.24, 2.45) is 0 Å². The monoisotopic (exact) mass is 763 g/mol. The van der Waals surface area contributed by atoms with E-state index < -0.39 is 0 Å². The summed E-state index contributed by atoms with van der Waals surface area (Å²) >= 11 is 3.73. The van der Waals surface area contributed by atoms with E-state index in [1.165, 1.54) is 51.5 Å². The van der Waals surface area contributed by atoms with Crippen molar-refractivity contribution in [3.63, 3.8) is 0 Å². The molecule has 4 nitrogen and oxygen atoms in total. The third-order valence-electron chi connectivity index (χ3n) is 11.0. The molecule has 0 unspecified atom stereocenters. The first-order valence-electron chi connectivity index (χ1n) is 18.9. The van der Waals surface area contributed by atoms with Crippen LogP contribution in [0.1, 0.15) is 0 Å². The second kappa shape index (κ2) is 12.8. The minimum atomic E-state index is 0.572. The Labute approximate surface area is 335 Å². The van der Waals surface area contributed by atoms with Crippen LogP contribution in [0, 0.1) is 0 Å². The molecule has 0 aliphatic carbocycles. The van der Waals surface area contributed by atoms with E-state index in [-0.39, 0.29) is 0 Å². The summed E-state index contributed by atoms with van der Waals surface area (Å²) in [5, 5.41) is 7.24. The Bertz CT molecular complexity index is 3470. The molecule has 266 valence electrons. The molecule has 12 aromatic rings. The molecule has 0 fully saturated rings. The summed E-state index contributed by atoms with van der Waals surface area (Å²) in [6, 6.07) is 62.0. The van der Waals surface area contributed by atoms with Crippen molar-refractivity contribution in [3.8, 4) is 56.4 Å². The molecule has 0 saturated carbocycles. The number of hydrogen-bond acceptors (Lipinski definition) is 6. The highest BCUT2D eigenvalue weighted by Crippen LogP contribution is 2.45. The maximum atomic E-state index is 6.93. The molecule has 0 amide bonds. The molecule has 4 aromatic heterocycles. The highest BCUT2D eigenvalue weighted by Gasteiger charge is 2.20. The Kier molecular flexibility index (Phi) is 7.24. The molecule has 0 aliphatic heterocycles. The molecule has 8 aromatic carbocycles. The Morgan fingerprint density at radius 3 is 1.61 bits per heavy atom. The van der Waals surface area contributed by atoms with Crippen LogP contribution in [0.2, 0.25) is 0 Å². The molecular weight excluding hydrogens is 735 g/mol. The second-order valence-corrected chi connectivity index (χ2v) is 16.4. The van der Waals surface area contributed by atoms with E-state index in [1.807, 2.05) is 89.4 Å². The van der Waals surface area contributed by atoms with Gasteiger partial charge in [-0.05, 0) is 47.0 Å². The highest BCUT2D eigenvalue weighted by molar-refractivity contribution is 7.26. The summed E-state index contributed by atoms with van der Waals surface area (Å²) < 4.78 is 12.1. The molecule has 0 bridgehead atoms. The van der Waals surface area contributed by atoms with Crippen LogP contribution in [-0.4, -0.2) is 15.0 Å². The Balaban J connectivity index is 0.995. The van der Waals surface area contributed by atoms with Crippen molar-refractivity contribution in [2.75, 3.05) is 0 Å². The van der Waals surface area contributed by atoms with Crippen molar-refractivity contribution >= 4 is 85.0 Å². The summed E-state index contributed by atoms with van der Waals surface area (Å²) in [7, 11) is 0. The third kappa shape index (κ3) is 5.22. The summed E-state index contributed by atoms with van der Waals surface area (Å²) in [6.45, 7) is 0. The minimum Gasteiger partial charge on any atom is -0.455 e. The minimum absolute atomic E-state index is 0.572. The maximum absolute atomic E-state index is 6.93. The molecule has 0 atom stereocenters. The lowest BCUT2D eigenvalue weighted by molar-refractivity contribution is 0.670. The van der Waals surface area contributed by atoms with Crippen LogP contribution in [-0.2, 0) is 0 Å². The van der Waals surface area contributed by atoms with Gasteiger partial charge < -0.3 is 4.42 Å². The molecule has 0 spiro atoms. The fourth-order valence-corrected chi connectivity index (χ4v) is 10.6. The number of aromatic nitrogens is 3. The van der Waals surface area contributed by atoms with Crippen LogP contribution in [0.4, 0.5) is 0 Å². The van der Waals surface area contributed by atoms with Gasteiger partial charge in [-0.1, -0.05) is 146 Å². The molecule has 57 heavy (non-hydrogen) atoms. The third-order valence-corrected chi connectivity index (χ3v) is 13.3. The van der Waals surface area contributed by atoms with Gasteiger partial charge in [0.15, 0.2) is 17.5 Å². The Hall–Kier alpha value is -6.99. The topological polar surface area (TPSA) is 51.8 Å². The van der Waals surface area contributed by atoms with E-state index >= 15 is 0 Å². The van der Waals surface area contributed by atoms with Crippen molar-refractivity contribution in [1.82, 2.24) is 15.0 Å². The van der Waals surface area contributed by atoms with Gasteiger partial charge >= 0.3 is 0 Å². The fourth-order valence-electron chi connectivity index (χ4n) is 8.24. The van der Waals surface area contributed by atoms with E-state index in [4.69, 9.17) is 19.4 Å². The number of nitrogens with zero attached hydrogens (tertiary/aromatic N) is 3. The Morgan fingerprint density at radius 1 is 0.316 bits per heavy atom. The number of furan rings is 1. The predicted octanol–water partition coefficient (Wildman–Crippen LogP) is 14.8. The van der Waals surface area contributed by atoms with Crippen molar-refractivity contribution in [2.45, 2.75) is 0 Å². The number of para-hydroxylation sites is 2. The van der Waals surface area contributed by atoms with Crippen LogP contribution in [0.15, 0.2) is 180 Å². The number of fused-ring (bicyclic) bond motifs is 9. The summed E-state index contributed by atoms with van der Waals surface area (Å²) in [5.41, 5.74) is 8.97. The van der Waals surface area contributed by atoms with Gasteiger partial charge in [0, 0.05) is 67.8 Å². The Morgan fingerprint density at radius 2 is 0.860 bits per heavy atom. The largest absolute Gasteiger partial charge is 0.455 e. The normalized spacial score (nSPS) is 11.9. The number of hydrogen-bond donors (Lipinski definition) is 0. The van der Waals surface area contributed by atoms with Gasteiger partial charge in [-0.2, -0.15) is 0 Å². The van der Waals surface area contributed by atoms with Crippen LogP contribution >= 0.6 is 22.7 Å². The summed E-state index contributed by atoms with van der Waals surface area (Å²) in [4.78, 5) is 15.0. The van der Waals surface area contributed by atoms with Gasteiger partial charge in [-0.15, -0.1) is 22.7 Å². The zero-order chi connectivity index (χ0) is 37.5. The first-order chi connectivity index (χ1) is 28.2. The molecule has 0 saturated heterocycles. The van der Waals surface area contributed by atoms with E-state index in [0.717, 1.165) is 49.8 Å². The molecule has 12 rings (SSSR count). The zero-order valence-electron chi connectivity index (χ0n) is 30.3. The van der Waals surface area contributed by atoms with Crippen LogP contribution in [0.3, 0.4) is 0 Å². The van der Waals surface area contributed by atoms with E-state index in [1.54, 1.807) is 0 Å². The lowest BCUT2D eigenvalue weighted by Crippen LogP contribution is -2.00. The number of rotatable bonds is 5. The van der Waals surface area contributed by atoms with Crippen LogP contribution in [0.5, 0.6) is 0 Å². The second-order valence-electron chi connectivity index (χ2n) is 14.3. The average molecular weight is 764 g/mol. The number of thiophene rings is 2. The quantitative estimate of drug-likeness (QED) is 0.175. The van der Waals surface area contributed by atoms with E-state index in [0.29, 0.717) is 17.5 Å². The summed E-state index contributed by atoms with van der Waals surface area (Å²) in [5.74, 6) is 1.81. The zero-order valence-corrected chi connectivity index (χ0v) is 31.9. The summed E-state index contributed by atoms with van der Waals surface area (Å²) in [6.07, 6.45) is 0. The van der Waals surface area contributed by atoms with Crippen molar-refractivity contribution in [3.05, 3.63) is 176 Å². The molecule has 0 N–H and O–H groups in total. The van der Waals surface area contributed by atoms with E-state index in [9.17, 15) is 0 Å². The first kappa shape index (κ1) is 32.3.